The Bertz CT molecular complexity index is 399. The molecule has 0 saturated carbocycles. The number of carbonyl (C=O) groups is 1. The molecule has 17 heavy (non-hydrogen) atoms. The number of hydrogen-bond donors (Lipinski definition) is 1. The van der Waals surface area contributed by atoms with Crippen LogP contribution in [0.1, 0.15) is 17.3 Å². The van der Waals surface area contributed by atoms with Gasteiger partial charge in [-0.2, -0.15) is 0 Å². The molecular weight excluding hydrogens is 216 g/mol. The summed E-state index contributed by atoms with van der Waals surface area (Å²) in [7, 11) is 0. The van der Waals surface area contributed by atoms with Crippen LogP contribution in [0.4, 0.5) is 5.82 Å². The van der Waals surface area contributed by atoms with Crippen LogP contribution >= 0.6 is 0 Å². The Kier molecular flexibility index (Phi) is 3.58. The second-order valence-corrected chi connectivity index (χ2v) is 4.20. The van der Waals surface area contributed by atoms with E-state index in [9.17, 15) is 4.79 Å². The van der Waals surface area contributed by atoms with Gasteiger partial charge in [-0.3, -0.25) is 4.79 Å². The smallest absolute Gasteiger partial charge is 0.254 e. The number of nitrogen functional groups attached to an aromatic ring is 1. The molecule has 5 nitrogen and oxygen atoms in total. The van der Waals surface area contributed by atoms with Gasteiger partial charge < -0.3 is 15.5 Å². The van der Waals surface area contributed by atoms with E-state index < -0.39 is 0 Å². The van der Waals surface area contributed by atoms with E-state index in [1.807, 2.05) is 4.90 Å². The Labute approximate surface area is 101 Å². The molecule has 2 rings (SSSR count). The van der Waals surface area contributed by atoms with Crippen molar-refractivity contribution in [3.63, 3.8) is 0 Å². The minimum absolute atomic E-state index is 0.0508. The minimum atomic E-state index is 0.0508. The van der Waals surface area contributed by atoms with Crippen molar-refractivity contribution in [3.05, 3.63) is 23.9 Å². The lowest BCUT2D eigenvalue weighted by Crippen LogP contribution is -2.48. The van der Waals surface area contributed by atoms with Crippen molar-refractivity contribution in [3.8, 4) is 0 Å². The van der Waals surface area contributed by atoms with E-state index in [2.05, 4.69) is 16.8 Å². The molecule has 0 unspecified atom stereocenters. The van der Waals surface area contributed by atoms with Crippen molar-refractivity contribution in [2.45, 2.75) is 6.92 Å². The summed E-state index contributed by atoms with van der Waals surface area (Å²) < 4.78 is 0. The highest BCUT2D eigenvalue weighted by Gasteiger charge is 2.21. The Morgan fingerprint density at radius 3 is 2.71 bits per heavy atom. The molecule has 92 valence electrons. The number of pyridine rings is 1. The zero-order valence-electron chi connectivity index (χ0n) is 10.1. The van der Waals surface area contributed by atoms with Gasteiger partial charge in [0.2, 0.25) is 0 Å². The molecule has 2 heterocycles. The first-order valence-corrected chi connectivity index (χ1v) is 5.94. The Morgan fingerprint density at radius 2 is 2.12 bits per heavy atom. The molecule has 0 aliphatic carbocycles. The molecular formula is C12H18N4O. The van der Waals surface area contributed by atoms with E-state index >= 15 is 0 Å². The molecule has 0 aromatic carbocycles. The quantitative estimate of drug-likeness (QED) is 0.806. The fraction of sp³-hybridized carbons (Fsp3) is 0.500. The normalized spacial score (nSPS) is 17.1. The average Bonchev–Trinajstić information content (AvgIpc) is 2.38. The number of aromatic nitrogens is 1. The van der Waals surface area contributed by atoms with Gasteiger partial charge in [0.15, 0.2) is 0 Å². The third-order valence-electron chi connectivity index (χ3n) is 3.13. The Balaban J connectivity index is 2.02. The fourth-order valence-electron chi connectivity index (χ4n) is 2.03. The molecule has 1 aliphatic heterocycles. The third kappa shape index (κ3) is 2.74. The topological polar surface area (TPSA) is 62.5 Å². The summed E-state index contributed by atoms with van der Waals surface area (Å²) in [5.74, 6) is 0.442. The number of nitrogens with two attached hydrogens (primary N) is 1. The van der Waals surface area contributed by atoms with Crippen molar-refractivity contribution >= 4 is 11.7 Å². The summed E-state index contributed by atoms with van der Waals surface area (Å²) in [6, 6.07) is 3.35. The first kappa shape index (κ1) is 11.9. The SMILES string of the molecule is CCN1CCN(C(=O)c2ccnc(N)c2)CC1. The number of piperazine rings is 1. The molecule has 2 N–H and O–H groups in total. The van der Waals surface area contributed by atoms with Gasteiger partial charge in [-0.05, 0) is 18.7 Å². The van der Waals surface area contributed by atoms with E-state index in [1.165, 1.54) is 0 Å². The van der Waals surface area contributed by atoms with Crippen LogP contribution in [-0.2, 0) is 0 Å². The molecule has 1 saturated heterocycles. The van der Waals surface area contributed by atoms with Crippen molar-refractivity contribution in [1.29, 1.82) is 0 Å². The molecule has 0 spiro atoms. The van der Waals surface area contributed by atoms with Crippen LogP contribution in [0, 0.1) is 0 Å². The van der Waals surface area contributed by atoms with E-state index in [4.69, 9.17) is 5.73 Å². The summed E-state index contributed by atoms with van der Waals surface area (Å²) in [5, 5.41) is 0. The van der Waals surface area contributed by atoms with Crippen LogP contribution in [0.25, 0.3) is 0 Å². The van der Waals surface area contributed by atoms with Crippen LogP contribution < -0.4 is 5.73 Å². The van der Waals surface area contributed by atoms with E-state index in [-0.39, 0.29) is 5.91 Å². The first-order chi connectivity index (χ1) is 8.20. The van der Waals surface area contributed by atoms with Gasteiger partial charge in [-0.15, -0.1) is 0 Å². The number of hydrogen-bond acceptors (Lipinski definition) is 4. The minimum Gasteiger partial charge on any atom is -0.384 e. The van der Waals surface area contributed by atoms with E-state index in [0.717, 1.165) is 32.7 Å². The van der Waals surface area contributed by atoms with Crippen LogP contribution in [0.3, 0.4) is 0 Å². The third-order valence-corrected chi connectivity index (χ3v) is 3.13. The van der Waals surface area contributed by atoms with E-state index in [1.54, 1.807) is 18.3 Å². The Morgan fingerprint density at radius 1 is 1.41 bits per heavy atom. The molecule has 1 amide bonds. The van der Waals surface area contributed by atoms with Gasteiger partial charge in [0.25, 0.3) is 5.91 Å². The predicted octanol–water partition coefficient (Wildman–Crippen LogP) is 0.441. The summed E-state index contributed by atoms with van der Waals surface area (Å²) in [5.41, 5.74) is 6.21. The highest BCUT2D eigenvalue weighted by atomic mass is 16.2. The van der Waals surface area contributed by atoms with Crippen LogP contribution in [0.2, 0.25) is 0 Å². The number of anilines is 1. The summed E-state index contributed by atoms with van der Waals surface area (Å²) in [6.07, 6.45) is 1.57. The highest BCUT2D eigenvalue weighted by Crippen LogP contribution is 2.10. The maximum absolute atomic E-state index is 12.2. The number of carbonyl (C=O) groups excluding carboxylic acids is 1. The second kappa shape index (κ2) is 5.14. The lowest BCUT2D eigenvalue weighted by molar-refractivity contribution is 0.0643. The standard InChI is InChI=1S/C12H18N4O/c1-2-15-5-7-16(8-6-15)12(17)10-3-4-14-11(13)9-10/h3-4,9H,2,5-8H2,1H3,(H2,13,14). The molecule has 1 aromatic rings. The lowest BCUT2D eigenvalue weighted by Gasteiger charge is -2.34. The fourth-order valence-corrected chi connectivity index (χ4v) is 2.03. The maximum atomic E-state index is 12.2. The molecule has 0 bridgehead atoms. The number of amides is 1. The summed E-state index contributed by atoms with van der Waals surface area (Å²) in [6.45, 7) is 6.65. The highest BCUT2D eigenvalue weighted by molar-refractivity contribution is 5.94. The van der Waals surface area contributed by atoms with Crippen molar-refractivity contribution < 1.29 is 4.79 Å². The summed E-state index contributed by atoms with van der Waals surface area (Å²) in [4.78, 5) is 20.3. The number of nitrogens with zero attached hydrogens (tertiary/aromatic N) is 3. The van der Waals surface area contributed by atoms with E-state index in [0.29, 0.717) is 11.4 Å². The molecule has 0 atom stereocenters. The largest absolute Gasteiger partial charge is 0.384 e. The molecule has 1 aliphatic rings. The molecule has 5 heteroatoms. The van der Waals surface area contributed by atoms with Crippen molar-refractivity contribution in [2.24, 2.45) is 0 Å². The lowest BCUT2D eigenvalue weighted by atomic mass is 10.2. The summed E-state index contributed by atoms with van der Waals surface area (Å²) >= 11 is 0. The monoisotopic (exact) mass is 234 g/mol. The molecule has 1 fully saturated rings. The average molecular weight is 234 g/mol. The molecule has 0 radical (unpaired) electrons. The zero-order chi connectivity index (χ0) is 12.3. The van der Waals surface area contributed by atoms with Gasteiger partial charge >= 0.3 is 0 Å². The predicted molar refractivity (Wildman–Crippen MR) is 66.7 cm³/mol. The number of rotatable bonds is 2. The second-order valence-electron chi connectivity index (χ2n) is 4.20. The van der Waals surface area contributed by atoms with Gasteiger partial charge in [-0.25, -0.2) is 4.98 Å². The van der Waals surface area contributed by atoms with Gasteiger partial charge in [-0.1, -0.05) is 6.92 Å². The van der Waals surface area contributed by atoms with Crippen LogP contribution in [0.15, 0.2) is 18.3 Å². The van der Waals surface area contributed by atoms with Gasteiger partial charge in [0, 0.05) is 37.9 Å². The van der Waals surface area contributed by atoms with Gasteiger partial charge in [0.05, 0.1) is 0 Å². The Hall–Kier alpha value is -1.62. The molecule has 1 aromatic heterocycles. The van der Waals surface area contributed by atoms with Crippen molar-refractivity contribution in [2.75, 3.05) is 38.5 Å². The van der Waals surface area contributed by atoms with Crippen molar-refractivity contribution in [1.82, 2.24) is 14.8 Å². The van der Waals surface area contributed by atoms with Crippen LogP contribution in [-0.4, -0.2) is 53.4 Å². The maximum Gasteiger partial charge on any atom is 0.254 e. The van der Waals surface area contributed by atoms with Gasteiger partial charge in [0.1, 0.15) is 5.82 Å². The number of likely N-dealkylation sites (N-methyl/N-ethyl adjacent to an activating group) is 1. The first-order valence-electron chi connectivity index (χ1n) is 5.94. The van der Waals surface area contributed by atoms with Crippen LogP contribution in [0.5, 0.6) is 0 Å². The zero-order valence-corrected chi connectivity index (χ0v) is 10.1.